The molecule has 23 heavy (non-hydrogen) atoms. The van der Waals surface area contributed by atoms with Crippen molar-refractivity contribution in [2.24, 2.45) is 0 Å². The van der Waals surface area contributed by atoms with E-state index in [-0.39, 0.29) is 23.5 Å². The molecule has 0 saturated heterocycles. The fourth-order valence-corrected chi connectivity index (χ4v) is 3.53. The molecule has 2 N–H and O–H groups in total. The van der Waals surface area contributed by atoms with E-state index in [9.17, 15) is 13.2 Å². The summed E-state index contributed by atoms with van der Waals surface area (Å²) in [5, 5.41) is 4.83. The molecule has 1 amide bonds. The van der Waals surface area contributed by atoms with E-state index in [1.54, 1.807) is 11.6 Å². The Morgan fingerprint density at radius 3 is 2.91 bits per heavy atom. The molecule has 2 rings (SSSR count). The number of rotatable bonds is 8. The number of nitrogens with one attached hydrogen (secondary N) is 2. The lowest BCUT2D eigenvalue weighted by Crippen LogP contribution is -2.34. The minimum Gasteiger partial charge on any atom is -0.469 e. The number of aryl methyl sites for hydroxylation is 1. The van der Waals surface area contributed by atoms with Crippen LogP contribution in [0.25, 0.3) is 0 Å². The summed E-state index contributed by atoms with van der Waals surface area (Å²) in [6.07, 6.45) is 4.34. The van der Waals surface area contributed by atoms with Gasteiger partial charge in [0.15, 0.2) is 5.13 Å². The van der Waals surface area contributed by atoms with Gasteiger partial charge in [-0.15, -0.1) is 11.3 Å². The van der Waals surface area contributed by atoms with E-state index in [0.717, 1.165) is 36.2 Å². The normalized spacial score (nSPS) is 12.8. The van der Waals surface area contributed by atoms with Gasteiger partial charge in [0.1, 0.15) is 5.76 Å². The Kier molecular flexibility index (Phi) is 5.78. The van der Waals surface area contributed by atoms with Crippen molar-refractivity contribution in [3.63, 3.8) is 0 Å². The first-order chi connectivity index (χ1) is 10.8. The number of nitrogens with zero attached hydrogens (tertiary/aromatic N) is 1. The van der Waals surface area contributed by atoms with Crippen LogP contribution in [0.15, 0.2) is 28.2 Å². The molecule has 9 heteroatoms. The average Bonchev–Trinajstić information content (AvgIpc) is 3.06. The maximum Gasteiger partial charge on any atom is 0.231 e. The van der Waals surface area contributed by atoms with E-state index in [1.165, 1.54) is 0 Å². The van der Waals surface area contributed by atoms with Crippen molar-refractivity contribution in [3.8, 4) is 0 Å². The Labute approximate surface area is 139 Å². The molecule has 0 spiro atoms. The molecule has 0 unspecified atom stereocenters. The quantitative estimate of drug-likeness (QED) is 0.750. The SMILES string of the molecule is C[C@H](CCc1ccco1)NC(=O)Cc1csc(NS(C)(=O)=O)n1. The van der Waals surface area contributed by atoms with Crippen molar-refractivity contribution in [1.82, 2.24) is 10.3 Å². The van der Waals surface area contributed by atoms with Crippen LogP contribution >= 0.6 is 11.3 Å². The Balaban J connectivity index is 1.77. The van der Waals surface area contributed by atoms with Gasteiger partial charge >= 0.3 is 0 Å². The first kappa shape index (κ1) is 17.5. The first-order valence-electron chi connectivity index (χ1n) is 7.06. The van der Waals surface area contributed by atoms with Gasteiger partial charge in [0.05, 0.1) is 24.6 Å². The highest BCUT2D eigenvalue weighted by atomic mass is 32.2. The Hall–Kier alpha value is -1.87. The van der Waals surface area contributed by atoms with Gasteiger partial charge in [-0.1, -0.05) is 0 Å². The fourth-order valence-electron chi connectivity index (χ4n) is 1.97. The molecule has 1 atom stereocenters. The van der Waals surface area contributed by atoms with Crippen LogP contribution in [0.2, 0.25) is 0 Å². The largest absolute Gasteiger partial charge is 0.469 e. The Bertz CT molecular complexity index is 738. The summed E-state index contributed by atoms with van der Waals surface area (Å²) in [7, 11) is -3.35. The van der Waals surface area contributed by atoms with Gasteiger partial charge in [-0.2, -0.15) is 0 Å². The van der Waals surface area contributed by atoms with Crippen LogP contribution in [-0.2, 0) is 27.7 Å². The lowest BCUT2D eigenvalue weighted by molar-refractivity contribution is -0.121. The second kappa shape index (κ2) is 7.60. The minimum atomic E-state index is -3.35. The number of anilines is 1. The number of carbonyl (C=O) groups excluding carboxylic acids is 1. The average molecular weight is 357 g/mol. The second-order valence-corrected chi connectivity index (χ2v) is 7.89. The summed E-state index contributed by atoms with van der Waals surface area (Å²) in [4.78, 5) is 16.1. The smallest absolute Gasteiger partial charge is 0.231 e. The molecule has 126 valence electrons. The number of thiazole rings is 1. The zero-order valence-corrected chi connectivity index (χ0v) is 14.5. The van der Waals surface area contributed by atoms with Crippen LogP contribution in [0, 0.1) is 0 Å². The molecular weight excluding hydrogens is 338 g/mol. The standard InChI is InChI=1S/C14H19N3O4S2/c1-10(5-6-12-4-3-7-21-12)15-13(18)8-11-9-22-14(16-11)17-23(2,19)20/h3-4,7,9-10H,5-6,8H2,1-2H3,(H,15,18)(H,16,17)/t10-/m1/s1. The van der Waals surface area contributed by atoms with Crippen molar-refractivity contribution >= 4 is 32.4 Å². The third-order valence-electron chi connectivity index (χ3n) is 2.98. The van der Waals surface area contributed by atoms with E-state index in [2.05, 4.69) is 15.0 Å². The van der Waals surface area contributed by atoms with E-state index < -0.39 is 10.0 Å². The summed E-state index contributed by atoms with van der Waals surface area (Å²) in [5.74, 6) is 0.746. The third-order valence-corrected chi connectivity index (χ3v) is 4.48. The van der Waals surface area contributed by atoms with Gasteiger partial charge < -0.3 is 9.73 Å². The van der Waals surface area contributed by atoms with E-state index in [0.29, 0.717) is 5.69 Å². The number of hydrogen-bond donors (Lipinski definition) is 2. The van der Waals surface area contributed by atoms with Gasteiger partial charge in [0, 0.05) is 17.8 Å². The zero-order valence-electron chi connectivity index (χ0n) is 12.9. The number of aromatic nitrogens is 1. The van der Waals surface area contributed by atoms with Gasteiger partial charge in [0.25, 0.3) is 0 Å². The van der Waals surface area contributed by atoms with Crippen molar-refractivity contribution < 1.29 is 17.6 Å². The summed E-state index contributed by atoms with van der Waals surface area (Å²) in [6.45, 7) is 1.93. The molecule has 0 saturated carbocycles. The lowest BCUT2D eigenvalue weighted by Gasteiger charge is -2.12. The van der Waals surface area contributed by atoms with Gasteiger partial charge in [-0.05, 0) is 25.5 Å². The number of amides is 1. The molecular formula is C14H19N3O4S2. The maximum atomic E-state index is 12.0. The van der Waals surface area contributed by atoms with Crippen LogP contribution in [0.5, 0.6) is 0 Å². The van der Waals surface area contributed by atoms with Crippen molar-refractivity contribution in [2.75, 3.05) is 11.0 Å². The van der Waals surface area contributed by atoms with Crippen LogP contribution < -0.4 is 10.0 Å². The summed E-state index contributed by atoms with van der Waals surface area (Å²) in [5.41, 5.74) is 0.539. The van der Waals surface area contributed by atoms with E-state index >= 15 is 0 Å². The highest BCUT2D eigenvalue weighted by molar-refractivity contribution is 7.92. The van der Waals surface area contributed by atoms with Crippen molar-refractivity contribution in [1.29, 1.82) is 0 Å². The second-order valence-electron chi connectivity index (χ2n) is 5.28. The summed E-state index contributed by atoms with van der Waals surface area (Å²) < 4.78 is 29.8. The molecule has 0 aliphatic heterocycles. The van der Waals surface area contributed by atoms with Gasteiger partial charge in [0.2, 0.25) is 15.9 Å². The molecule has 0 aromatic carbocycles. The van der Waals surface area contributed by atoms with E-state index in [4.69, 9.17) is 4.42 Å². The van der Waals surface area contributed by atoms with Gasteiger partial charge in [-0.25, -0.2) is 13.4 Å². The molecule has 0 aliphatic carbocycles. The molecule has 2 heterocycles. The topological polar surface area (TPSA) is 101 Å². The van der Waals surface area contributed by atoms with Crippen LogP contribution in [0.4, 0.5) is 5.13 Å². The fraction of sp³-hybridized carbons (Fsp3) is 0.429. The van der Waals surface area contributed by atoms with E-state index in [1.807, 2.05) is 19.1 Å². The number of carbonyl (C=O) groups is 1. The molecule has 7 nitrogen and oxygen atoms in total. The maximum absolute atomic E-state index is 12.0. The Morgan fingerprint density at radius 1 is 1.48 bits per heavy atom. The molecule has 2 aromatic heterocycles. The monoisotopic (exact) mass is 357 g/mol. The number of sulfonamides is 1. The molecule has 0 bridgehead atoms. The lowest BCUT2D eigenvalue weighted by atomic mass is 10.1. The first-order valence-corrected chi connectivity index (χ1v) is 9.83. The van der Waals surface area contributed by atoms with Crippen LogP contribution in [-0.4, -0.2) is 31.6 Å². The summed E-state index contributed by atoms with van der Waals surface area (Å²) in [6, 6.07) is 3.75. The van der Waals surface area contributed by atoms with Crippen LogP contribution in [0.1, 0.15) is 24.8 Å². The third kappa shape index (κ3) is 6.41. The predicted octanol–water partition coefficient (Wildman–Crippen LogP) is 1.79. The zero-order chi connectivity index (χ0) is 16.9. The molecule has 0 fully saturated rings. The van der Waals surface area contributed by atoms with Gasteiger partial charge in [-0.3, -0.25) is 9.52 Å². The van der Waals surface area contributed by atoms with Crippen molar-refractivity contribution in [3.05, 3.63) is 35.2 Å². The van der Waals surface area contributed by atoms with Crippen LogP contribution in [0.3, 0.4) is 0 Å². The highest BCUT2D eigenvalue weighted by Crippen LogP contribution is 2.16. The molecule has 0 aliphatic rings. The summed E-state index contributed by atoms with van der Waals surface area (Å²) >= 11 is 1.15. The molecule has 2 aromatic rings. The number of furan rings is 1. The number of hydrogen-bond acceptors (Lipinski definition) is 6. The minimum absolute atomic E-state index is 0.0138. The molecule has 0 radical (unpaired) electrons. The highest BCUT2D eigenvalue weighted by Gasteiger charge is 2.12. The Morgan fingerprint density at radius 2 is 2.26 bits per heavy atom. The van der Waals surface area contributed by atoms with Crippen molar-refractivity contribution in [2.45, 2.75) is 32.2 Å². The predicted molar refractivity (Wildman–Crippen MR) is 88.9 cm³/mol.